The Morgan fingerprint density at radius 3 is 2.44 bits per heavy atom. The van der Waals surface area contributed by atoms with E-state index in [0.717, 1.165) is 19.3 Å². The highest BCUT2D eigenvalue weighted by molar-refractivity contribution is 9.10. The van der Waals surface area contributed by atoms with Gasteiger partial charge in [0.15, 0.2) is 5.82 Å². The summed E-state index contributed by atoms with van der Waals surface area (Å²) in [5.41, 5.74) is 0.881. The van der Waals surface area contributed by atoms with Crippen molar-refractivity contribution in [3.8, 4) is 28.7 Å². The summed E-state index contributed by atoms with van der Waals surface area (Å²) in [6, 6.07) is 6.72. The second-order valence-electron chi connectivity index (χ2n) is 8.39. The Kier molecular flexibility index (Phi) is 6.68. The quantitative estimate of drug-likeness (QED) is 0.270. The molecule has 0 saturated heterocycles. The Hall–Kier alpha value is -3.83. The van der Waals surface area contributed by atoms with E-state index < -0.39 is 22.2 Å². The molecule has 204 valence electrons. The highest BCUT2D eigenvalue weighted by Crippen LogP contribution is 2.34. The fourth-order valence-corrected chi connectivity index (χ4v) is 4.79. The summed E-state index contributed by atoms with van der Waals surface area (Å²) in [5, 5.41) is 3.73. The molecule has 0 spiro atoms. The van der Waals surface area contributed by atoms with Gasteiger partial charge in [0.25, 0.3) is 5.82 Å². The van der Waals surface area contributed by atoms with Crippen LogP contribution in [0.4, 0.5) is 13.2 Å². The van der Waals surface area contributed by atoms with Gasteiger partial charge in [-0.1, -0.05) is 12.1 Å². The molecule has 5 rings (SSSR count). The number of ether oxygens (including phenoxy) is 1. The van der Waals surface area contributed by atoms with E-state index in [2.05, 4.69) is 41.0 Å². The second kappa shape index (κ2) is 9.73. The summed E-state index contributed by atoms with van der Waals surface area (Å²) in [6.45, 7) is -0.0731. The first-order valence-electron chi connectivity index (χ1n) is 11.0. The molecule has 0 bridgehead atoms. The largest absolute Gasteiger partial charge is 0.497 e. The average molecular weight is 626 g/mol. The first-order valence-corrected chi connectivity index (χ1v) is 13.2. The monoisotopic (exact) mass is 625 g/mol. The van der Waals surface area contributed by atoms with Crippen LogP contribution in [-0.2, 0) is 22.9 Å². The summed E-state index contributed by atoms with van der Waals surface area (Å²) >= 11 is 3.33. The standard InChI is InChI=1S/C22H19BrF3N9O3S/c1-32(2)39(36,37)33-11-16(28-12-33)18-17(29-21-27-8-14(23)10-34(18)21)19-30-20(22(24,25)26)31-35(19)9-13-4-6-15(38-3)7-5-13/h4-8,10-12H,9H2,1-3H3. The van der Waals surface area contributed by atoms with Gasteiger partial charge in [-0.05, 0) is 33.6 Å². The average Bonchev–Trinajstić information content (AvgIpc) is 3.60. The molecule has 0 amide bonds. The van der Waals surface area contributed by atoms with Crippen LogP contribution in [0.5, 0.6) is 5.75 Å². The van der Waals surface area contributed by atoms with Crippen LogP contribution >= 0.6 is 15.9 Å². The maximum absolute atomic E-state index is 13.7. The molecule has 5 aromatic rings. The van der Waals surface area contributed by atoms with Gasteiger partial charge < -0.3 is 4.74 Å². The normalized spacial score (nSPS) is 12.5. The van der Waals surface area contributed by atoms with Crippen molar-refractivity contribution in [3.63, 3.8) is 0 Å². The number of benzene rings is 1. The topological polar surface area (TPSA) is 125 Å². The summed E-state index contributed by atoms with van der Waals surface area (Å²) < 4.78 is 76.6. The number of fused-ring (bicyclic) bond motifs is 1. The van der Waals surface area contributed by atoms with Gasteiger partial charge >= 0.3 is 16.4 Å². The zero-order valence-electron chi connectivity index (χ0n) is 20.5. The number of imidazole rings is 2. The van der Waals surface area contributed by atoms with Crippen LogP contribution in [0.3, 0.4) is 0 Å². The minimum absolute atomic E-state index is 0.0235. The Bertz CT molecular complexity index is 1780. The number of hydrogen-bond acceptors (Lipinski definition) is 8. The molecule has 0 radical (unpaired) electrons. The smallest absolute Gasteiger partial charge is 0.453 e. The maximum atomic E-state index is 13.7. The third-order valence-electron chi connectivity index (χ3n) is 5.61. The molecule has 0 fully saturated rings. The van der Waals surface area contributed by atoms with Gasteiger partial charge in [-0.3, -0.25) is 4.40 Å². The van der Waals surface area contributed by atoms with Crippen molar-refractivity contribution in [1.82, 2.24) is 42.4 Å². The molecule has 4 heterocycles. The lowest BCUT2D eigenvalue weighted by atomic mass is 10.2. The lowest BCUT2D eigenvalue weighted by Crippen LogP contribution is -2.27. The number of halogens is 4. The Labute approximate surface area is 228 Å². The van der Waals surface area contributed by atoms with E-state index in [1.165, 1.54) is 38.0 Å². The Morgan fingerprint density at radius 2 is 1.79 bits per heavy atom. The Morgan fingerprint density at radius 1 is 1.08 bits per heavy atom. The molecule has 0 unspecified atom stereocenters. The first kappa shape index (κ1) is 26.8. The van der Waals surface area contributed by atoms with E-state index in [1.807, 2.05) is 0 Å². The number of alkyl halides is 3. The van der Waals surface area contributed by atoms with Crippen molar-refractivity contribution in [2.75, 3.05) is 21.2 Å². The van der Waals surface area contributed by atoms with Crippen molar-refractivity contribution in [3.05, 3.63) is 65.0 Å². The van der Waals surface area contributed by atoms with Crippen LogP contribution in [0.1, 0.15) is 11.4 Å². The maximum Gasteiger partial charge on any atom is 0.453 e. The third kappa shape index (κ3) is 4.99. The molecule has 0 aliphatic heterocycles. The van der Waals surface area contributed by atoms with Gasteiger partial charge in [0.05, 0.1) is 24.3 Å². The van der Waals surface area contributed by atoms with Crippen LogP contribution in [-0.4, -0.2) is 72.0 Å². The minimum Gasteiger partial charge on any atom is -0.497 e. The third-order valence-corrected chi connectivity index (χ3v) is 7.67. The number of hydrogen-bond donors (Lipinski definition) is 0. The van der Waals surface area contributed by atoms with E-state index in [4.69, 9.17) is 4.74 Å². The van der Waals surface area contributed by atoms with E-state index in [1.54, 1.807) is 30.5 Å². The summed E-state index contributed by atoms with van der Waals surface area (Å²) in [6.07, 6.45) is 0.541. The molecule has 0 aliphatic rings. The van der Waals surface area contributed by atoms with E-state index >= 15 is 0 Å². The van der Waals surface area contributed by atoms with E-state index in [0.29, 0.717) is 15.8 Å². The molecular formula is C22H19BrF3N9O3S. The van der Waals surface area contributed by atoms with Gasteiger partial charge in [-0.2, -0.15) is 25.9 Å². The number of nitrogens with zero attached hydrogens (tertiary/aromatic N) is 9. The van der Waals surface area contributed by atoms with Gasteiger partial charge in [-0.25, -0.2) is 28.6 Å². The van der Waals surface area contributed by atoms with Crippen molar-refractivity contribution in [1.29, 1.82) is 0 Å². The molecule has 39 heavy (non-hydrogen) atoms. The fraction of sp³-hybridized carbons (Fsp3) is 0.227. The lowest BCUT2D eigenvalue weighted by Gasteiger charge is -2.10. The molecule has 1 aromatic carbocycles. The fourth-order valence-electron chi connectivity index (χ4n) is 3.71. The Balaban J connectivity index is 1.73. The first-order chi connectivity index (χ1) is 18.4. The lowest BCUT2D eigenvalue weighted by molar-refractivity contribution is -0.144. The predicted octanol–water partition coefficient (Wildman–Crippen LogP) is 3.34. The van der Waals surface area contributed by atoms with Gasteiger partial charge in [0.2, 0.25) is 5.78 Å². The molecule has 0 saturated carbocycles. The van der Waals surface area contributed by atoms with Crippen molar-refractivity contribution in [2.24, 2.45) is 0 Å². The van der Waals surface area contributed by atoms with E-state index in [-0.39, 0.29) is 35.2 Å². The molecule has 0 N–H and O–H groups in total. The molecule has 4 aromatic heterocycles. The van der Waals surface area contributed by atoms with Crippen molar-refractivity contribution < 1.29 is 26.3 Å². The zero-order valence-corrected chi connectivity index (χ0v) is 22.9. The molecule has 12 nitrogen and oxygen atoms in total. The van der Waals surface area contributed by atoms with Crippen LogP contribution in [0.25, 0.3) is 28.7 Å². The zero-order chi connectivity index (χ0) is 28.1. The van der Waals surface area contributed by atoms with Gasteiger partial charge in [-0.15, -0.1) is 5.10 Å². The SMILES string of the molecule is COc1ccc(Cn2nc(C(F)(F)F)nc2-c2nc3ncc(Br)cn3c2-c2cn(S(=O)(=O)N(C)C)cn2)cc1. The molecular weight excluding hydrogens is 607 g/mol. The predicted molar refractivity (Wildman–Crippen MR) is 136 cm³/mol. The second-order valence-corrected chi connectivity index (χ2v) is 11.4. The molecule has 0 aliphatic carbocycles. The van der Waals surface area contributed by atoms with Crippen molar-refractivity contribution >= 4 is 31.9 Å². The summed E-state index contributed by atoms with van der Waals surface area (Å²) in [7, 11) is 0.302. The van der Waals surface area contributed by atoms with Crippen molar-refractivity contribution in [2.45, 2.75) is 12.7 Å². The number of methoxy groups -OCH3 is 1. The minimum atomic E-state index is -4.83. The number of aromatic nitrogens is 8. The van der Waals surface area contributed by atoms with E-state index in [9.17, 15) is 21.6 Å². The van der Waals surface area contributed by atoms with Crippen LogP contribution in [0.2, 0.25) is 0 Å². The highest BCUT2D eigenvalue weighted by atomic mass is 79.9. The van der Waals surface area contributed by atoms with Gasteiger partial charge in [0.1, 0.15) is 29.2 Å². The molecule has 17 heteroatoms. The highest BCUT2D eigenvalue weighted by Gasteiger charge is 2.38. The van der Waals surface area contributed by atoms with Gasteiger partial charge in [0, 0.05) is 26.5 Å². The van der Waals surface area contributed by atoms with Crippen LogP contribution in [0, 0.1) is 0 Å². The van der Waals surface area contributed by atoms with Crippen LogP contribution in [0.15, 0.2) is 53.7 Å². The summed E-state index contributed by atoms with van der Waals surface area (Å²) in [5.74, 6) is -0.861. The van der Waals surface area contributed by atoms with Crippen LogP contribution < -0.4 is 4.74 Å². The summed E-state index contributed by atoms with van der Waals surface area (Å²) in [4.78, 5) is 16.7. The molecule has 0 atom stereocenters. The number of rotatable bonds is 7.